The van der Waals surface area contributed by atoms with Crippen molar-refractivity contribution >= 4 is 10.8 Å². The maximum atomic E-state index is 12.8. The first kappa shape index (κ1) is 24.4. The number of hydrogen-bond donors (Lipinski definition) is 1. The van der Waals surface area contributed by atoms with Crippen LogP contribution in [0.5, 0.6) is 0 Å². The first-order valence-electron chi connectivity index (χ1n) is 9.17. The lowest BCUT2D eigenvalue weighted by Gasteiger charge is -2.23. The molecule has 1 fully saturated rings. The van der Waals surface area contributed by atoms with E-state index < -0.39 is 29.6 Å². The molecule has 25 heavy (non-hydrogen) atoms. The molecular formula is C19H36FNO3S. The van der Waals surface area contributed by atoms with E-state index in [2.05, 4.69) is 0 Å². The molecule has 2 N–H and O–H groups in total. The first-order chi connectivity index (χ1) is 12.0. The van der Waals surface area contributed by atoms with Gasteiger partial charge in [0.05, 0.1) is 17.4 Å². The Morgan fingerprint density at radius 1 is 1.40 bits per heavy atom. The van der Waals surface area contributed by atoms with Gasteiger partial charge < -0.3 is 15.2 Å². The zero-order chi connectivity index (χ0) is 19.2. The molecule has 0 spiro atoms. The fourth-order valence-corrected chi connectivity index (χ4v) is 3.98. The van der Waals surface area contributed by atoms with Gasteiger partial charge in [0, 0.05) is 36.9 Å². The summed E-state index contributed by atoms with van der Waals surface area (Å²) in [5, 5.41) is -0.0631. The number of nitrogens with two attached hydrogens (primary N) is 1. The number of ether oxygens (including phenoxy) is 2. The Morgan fingerprint density at radius 3 is 2.48 bits per heavy atom. The molecule has 4 unspecified atom stereocenters. The molecular weight excluding hydrogens is 341 g/mol. The van der Waals surface area contributed by atoms with Crippen molar-refractivity contribution in [2.45, 2.75) is 57.9 Å². The zero-order valence-electron chi connectivity index (χ0n) is 16.4. The van der Waals surface area contributed by atoms with Gasteiger partial charge in [-0.3, -0.25) is 4.21 Å². The van der Waals surface area contributed by atoms with Crippen LogP contribution in [0.1, 0.15) is 40.5 Å². The van der Waals surface area contributed by atoms with Gasteiger partial charge in [-0.25, -0.2) is 4.39 Å². The van der Waals surface area contributed by atoms with Crippen LogP contribution in [0.4, 0.5) is 4.39 Å². The van der Waals surface area contributed by atoms with E-state index in [9.17, 15) is 8.60 Å². The van der Waals surface area contributed by atoms with Crippen LogP contribution in [0.15, 0.2) is 23.8 Å². The van der Waals surface area contributed by atoms with Crippen molar-refractivity contribution in [3.63, 3.8) is 0 Å². The van der Waals surface area contributed by atoms with Crippen LogP contribution in [-0.2, 0) is 20.3 Å². The van der Waals surface area contributed by atoms with Gasteiger partial charge in [0.25, 0.3) is 0 Å². The quantitative estimate of drug-likeness (QED) is 0.626. The molecule has 4 nitrogen and oxygen atoms in total. The van der Waals surface area contributed by atoms with Gasteiger partial charge in [0.15, 0.2) is 0 Å². The standard InChI is InChI=1S/C17H30FNO3S.C2H6/c1-4-15(17(21-3)16(19)11-18)6-5-13(2)23(20)12-14-7-9-22-10-8-14;1-2/h4-6,13-14,16-17H,7-12,19H2,1-3H3;1-2H3/b6-5-,15-4+;. The van der Waals surface area contributed by atoms with Crippen molar-refractivity contribution in [3.8, 4) is 0 Å². The molecule has 4 atom stereocenters. The van der Waals surface area contributed by atoms with E-state index in [0.29, 0.717) is 11.7 Å². The summed E-state index contributed by atoms with van der Waals surface area (Å²) < 4.78 is 35.8. The molecule has 6 heteroatoms. The molecule has 1 saturated heterocycles. The fraction of sp³-hybridized carbons (Fsp3) is 0.789. The third-order valence-corrected chi connectivity index (χ3v) is 5.98. The number of halogens is 1. The van der Waals surface area contributed by atoms with Crippen molar-refractivity contribution in [1.29, 1.82) is 0 Å². The number of methoxy groups -OCH3 is 1. The smallest absolute Gasteiger partial charge is 0.107 e. The molecule has 1 aliphatic rings. The lowest BCUT2D eigenvalue weighted by molar-refractivity contribution is 0.0725. The molecule has 0 radical (unpaired) electrons. The second-order valence-corrected chi connectivity index (χ2v) is 7.77. The van der Waals surface area contributed by atoms with E-state index in [-0.39, 0.29) is 5.25 Å². The summed E-state index contributed by atoms with van der Waals surface area (Å²) in [6.07, 6.45) is 7.10. The molecule has 1 heterocycles. The summed E-state index contributed by atoms with van der Waals surface area (Å²) in [6.45, 7) is 8.70. The van der Waals surface area contributed by atoms with Gasteiger partial charge in [0.1, 0.15) is 6.67 Å². The molecule has 1 aliphatic heterocycles. The number of rotatable bonds is 9. The third kappa shape index (κ3) is 9.08. The summed E-state index contributed by atoms with van der Waals surface area (Å²) in [6, 6.07) is -0.695. The van der Waals surface area contributed by atoms with Crippen molar-refractivity contribution in [2.75, 3.05) is 32.8 Å². The molecule has 0 saturated carbocycles. The second-order valence-electron chi connectivity index (χ2n) is 5.93. The predicted molar refractivity (Wildman–Crippen MR) is 105 cm³/mol. The van der Waals surface area contributed by atoms with Gasteiger partial charge in [0.2, 0.25) is 0 Å². The minimum atomic E-state index is -0.924. The maximum Gasteiger partial charge on any atom is 0.107 e. The van der Waals surface area contributed by atoms with Crippen molar-refractivity contribution in [2.24, 2.45) is 11.7 Å². The molecule has 0 aromatic carbocycles. The van der Waals surface area contributed by atoms with E-state index in [1.54, 1.807) is 0 Å². The van der Waals surface area contributed by atoms with E-state index in [1.165, 1.54) is 7.11 Å². The minimum Gasteiger partial charge on any atom is -0.381 e. The van der Waals surface area contributed by atoms with Gasteiger partial charge in [-0.1, -0.05) is 32.1 Å². The molecule has 148 valence electrons. The Kier molecular flexibility index (Phi) is 14.3. The Morgan fingerprint density at radius 2 is 2.00 bits per heavy atom. The van der Waals surface area contributed by atoms with Crippen LogP contribution < -0.4 is 5.73 Å². The number of alkyl halides is 1. The average molecular weight is 378 g/mol. The summed E-state index contributed by atoms with van der Waals surface area (Å²) in [5.74, 6) is 1.19. The largest absolute Gasteiger partial charge is 0.381 e. The van der Waals surface area contributed by atoms with Gasteiger partial charge >= 0.3 is 0 Å². The topological polar surface area (TPSA) is 61.5 Å². The number of hydrogen-bond acceptors (Lipinski definition) is 4. The van der Waals surface area contributed by atoms with Crippen LogP contribution in [-0.4, -0.2) is 54.4 Å². The van der Waals surface area contributed by atoms with E-state index >= 15 is 0 Å². The van der Waals surface area contributed by atoms with Crippen molar-refractivity contribution in [3.05, 3.63) is 23.8 Å². The van der Waals surface area contributed by atoms with Gasteiger partial charge in [-0.15, -0.1) is 0 Å². The Hall–Kier alpha value is -0.560. The monoisotopic (exact) mass is 377 g/mol. The molecule has 0 aliphatic carbocycles. The zero-order valence-corrected chi connectivity index (χ0v) is 17.2. The molecule has 0 amide bonds. The van der Waals surface area contributed by atoms with Crippen molar-refractivity contribution < 1.29 is 18.1 Å². The predicted octanol–water partition coefficient (Wildman–Crippen LogP) is 3.39. The van der Waals surface area contributed by atoms with E-state index in [4.69, 9.17) is 15.2 Å². The Labute approximate surface area is 155 Å². The lowest BCUT2D eigenvalue weighted by atomic mass is 10.0. The first-order valence-corrected chi connectivity index (χ1v) is 10.5. The Bertz CT molecular complexity index is 423. The average Bonchev–Trinajstić information content (AvgIpc) is 2.66. The highest BCUT2D eigenvalue weighted by Gasteiger charge is 2.21. The fourth-order valence-electron chi connectivity index (χ4n) is 2.63. The van der Waals surface area contributed by atoms with Gasteiger partial charge in [-0.2, -0.15) is 0 Å². The molecule has 0 aromatic rings. The number of allylic oxidation sites excluding steroid dienone is 1. The van der Waals surface area contributed by atoms with Crippen LogP contribution in [0.25, 0.3) is 0 Å². The summed E-state index contributed by atoms with van der Waals surface area (Å²) in [7, 11) is 0.594. The van der Waals surface area contributed by atoms with Crippen LogP contribution in [0.2, 0.25) is 0 Å². The summed E-state index contributed by atoms with van der Waals surface area (Å²) in [4.78, 5) is 0. The van der Waals surface area contributed by atoms with Crippen LogP contribution in [0, 0.1) is 5.92 Å². The molecule has 0 bridgehead atoms. The minimum absolute atomic E-state index is 0.0631. The molecule has 1 rings (SSSR count). The summed E-state index contributed by atoms with van der Waals surface area (Å²) >= 11 is 0. The van der Waals surface area contributed by atoms with Crippen LogP contribution in [0.3, 0.4) is 0 Å². The van der Waals surface area contributed by atoms with Gasteiger partial charge in [-0.05, 0) is 38.2 Å². The highest BCUT2D eigenvalue weighted by atomic mass is 32.2. The lowest BCUT2D eigenvalue weighted by Crippen LogP contribution is -2.39. The van der Waals surface area contributed by atoms with Crippen LogP contribution >= 0.6 is 0 Å². The Balaban J connectivity index is 0.00000277. The highest BCUT2D eigenvalue weighted by Crippen LogP contribution is 2.18. The summed E-state index contributed by atoms with van der Waals surface area (Å²) in [5.41, 5.74) is 6.56. The highest BCUT2D eigenvalue weighted by molar-refractivity contribution is 7.85. The molecule has 0 aromatic heterocycles. The van der Waals surface area contributed by atoms with E-state index in [1.807, 2.05) is 45.9 Å². The SMILES string of the molecule is C/C=C(\C=C/C(C)S(=O)CC1CCOCC1)C(OC)C(N)CF.CC. The second kappa shape index (κ2) is 14.6. The van der Waals surface area contributed by atoms with Crippen molar-refractivity contribution in [1.82, 2.24) is 0 Å². The van der Waals surface area contributed by atoms with E-state index in [0.717, 1.165) is 31.6 Å². The normalized spacial score (nSPS) is 21.3. The maximum absolute atomic E-state index is 12.8. The third-order valence-electron chi connectivity index (χ3n) is 4.20.